The molecule has 1 N–H and O–H groups in total. The first kappa shape index (κ1) is 11.6. The number of aromatic nitrogens is 5. The number of fused-ring (bicyclic) bond motifs is 1. The molecule has 2 aromatic heterocycles. The predicted molar refractivity (Wildman–Crippen MR) is 64.8 cm³/mol. The van der Waals surface area contributed by atoms with Crippen LogP contribution < -0.4 is 4.90 Å². The highest BCUT2D eigenvalue weighted by Gasteiger charge is 2.23. The molecule has 0 unspecified atom stereocenters. The molecule has 19 heavy (non-hydrogen) atoms. The van der Waals surface area contributed by atoms with Crippen LogP contribution >= 0.6 is 0 Å². The van der Waals surface area contributed by atoms with Gasteiger partial charge in [0.15, 0.2) is 5.82 Å². The Morgan fingerprint density at radius 2 is 2.26 bits per heavy atom. The quantitative estimate of drug-likeness (QED) is 0.817. The van der Waals surface area contributed by atoms with E-state index in [9.17, 15) is 9.90 Å². The molecule has 0 saturated carbocycles. The largest absolute Gasteiger partial charge is 0.477 e. The van der Waals surface area contributed by atoms with E-state index in [-0.39, 0.29) is 5.56 Å². The molecule has 0 aliphatic carbocycles. The van der Waals surface area contributed by atoms with Gasteiger partial charge in [-0.2, -0.15) is 0 Å². The highest BCUT2D eigenvalue weighted by Crippen LogP contribution is 2.21. The highest BCUT2D eigenvalue weighted by molar-refractivity contribution is 5.92. The van der Waals surface area contributed by atoms with Crippen LogP contribution in [-0.2, 0) is 13.1 Å². The molecule has 0 fully saturated rings. The third-order valence-corrected chi connectivity index (χ3v) is 3.06. The molecule has 8 heteroatoms. The van der Waals surface area contributed by atoms with E-state index in [0.717, 1.165) is 5.82 Å². The number of carboxylic acid groups (broad SMARTS) is 1. The maximum atomic E-state index is 11.2. The van der Waals surface area contributed by atoms with Crippen LogP contribution in [0.2, 0.25) is 0 Å². The van der Waals surface area contributed by atoms with Gasteiger partial charge in [-0.3, -0.25) is 0 Å². The summed E-state index contributed by atoms with van der Waals surface area (Å²) in [4.78, 5) is 21.3. The number of hydrogen-bond donors (Lipinski definition) is 1. The molecule has 1 aliphatic rings. The fourth-order valence-corrected chi connectivity index (χ4v) is 2.10. The van der Waals surface area contributed by atoms with Crippen molar-refractivity contribution in [3.05, 3.63) is 29.7 Å². The van der Waals surface area contributed by atoms with Gasteiger partial charge in [-0.05, 0) is 6.92 Å². The van der Waals surface area contributed by atoms with Gasteiger partial charge in [0.25, 0.3) is 0 Å². The lowest BCUT2D eigenvalue weighted by atomic mass is 10.2. The van der Waals surface area contributed by atoms with Crippen molar-refractivity contribution in [2.24, 2.45) is 0 Å². The lowest BCUT2D eigenvalue weighted by Gasteiger charge is -2.28. The molecule has 3 rings (SSSR count). The number of nitrogens with zero attached hydrogens (tertiary/aromatic N) is 6. The average Bonchev–Trinajstić information content (AvgIpc) is 2.85. The van der Waals surface area contributed by atoms with E-state index >= 15 is 0 Å². The molecule has 0 amide bonds. The summed E-state index contributed by atoms with van der Waals surface area (Å²) in [5.41, 5.74) is 0.110. The molecule has 98 valence electrons. The molecule has 8 nitrogen and oxygen atoms in total. The van der Waals surface area contributed by atoms with Crippen molar-refractivity contribution in [1.82, 2.24) is 24.7 Å². The van der Waals surface area contributed by atoms with Gasteiger partial charge in [0.1, 0.15) is 23.5 Å². The monoisotopic (exact) mass is 260 g/mol. The van der Waals surface area contributed by atoms with E-state index in [0.29, 0.717) is 31.3 Å². The summed E-state index contributed by atoms with van der Waals surface area (Å²) >= 11 is 0. The second kappa shape index (κ2) is 4.30. The van der Waals surface area contributed by atoms with E-state index < -0.39 is 5.97 Å². The Bertz CT molecular complexity index is 638. The first-order chi connectivity index (χ1) is 9.15. The Hall–Kier alpha value is -2.51. The third kappa shape index (κ3) is 2.01. The van der Waals surface area contributed by atoms with E-state index in [2.05, 4.69) is 20.2 Å². The van der Waals surface area contributed by atoms with Gasteiger partial charge in [-0.25, -0.2) is 14.8 Å². The Kier molecular flexibility index (Phi) is 2.62. The van der Waals surface area contributed by atoms with Gasteiger partial charge in [0.05, 0.1) is 6.54 Å². The summed E-state index contributed by atoms with van der Waals surface area (Å²) < 4.78 is 1.95. The van der Waals surface area contributed by atoms with Crippen molar-refractivity contribution in [2.75, 3.05) is 11.4 Å². The molecule has 0 radical (unpaired) electrons. The number of rotatable bonds is 2. The average molecular weight is 260 g/mol. The normalized spacial score (nSPS) is 14.3. The minimum Gasteiger partial charge on any atom is -0.477 e. The highest BCUT2D eigenvalue weighted by atomic mass is 16.4. The van der Waals surface area contributed by atoms with Crippen LogP contribution in [0.15, 0.2) is 12.5 Å². The molecule has 0 atom stereocenters. The lowest BCUT2D eigenvalue weighted by Crippen LogP contribution is -2.35. The molecule has 3 heterocycles. The fourth-order valence-electron chi connectivity index (χ4n) is 2.10. The smallest absolute Gasteiger partial charge is 0.341 e. The van der Waals surface area contributed by atoms with Crippen molar-refractivity contribution >= 4 is 11.8 Å². The van der Waals surface area contributed by atoms with Crippen LogP contribution in [0.4, 0.5) is 5.82 Å². The number of carboxylic acids is 1. The Balaban J connectivity index is 1.99. The molecule has 0 saturated heterocycles. The number of anilines is 1. The van der Waals surface area contributed by atoms with E-state index in [1.807, 2.05) is 9.47 Å². The van der Waals surface area contributed by atoms with Crippen molar-refractivity contribution in [3.8, 4) is 0 Å². The van der Waals surface area contributed by atoms with Gasteiger partial charge in [0.2, 0.25) is 0 Å². The van der Waals surface area contributed by atoms with Crippen LogP contribution in [-0.4, -0.2) is 42.4 Å². The maximum absolute atomic E-state index is 11.2. The van der Waals surface area contributed by atoms with E-state index in [1.54, 1.807) is 13.3 Å². The molecular formula is C11H12N6O2. The molecule has 1 aliphatic heterocycles. The van der Waals surface area contributed by atoms with E-state index in [1.165, 1.54) is 6.20 Å². The van der Waals surface area contributed by atoms with Gasteiger partial charge in [0, 0.05) is 19.3 Å². The van der Waals surface area contributed by atoms with E-state index in [4.69, 9.17) is 0 Å². The second-order valence-electron chi connectivity index (χ2n) is 4.32. The van der Waals surface area contributed by atoms with Gasteiger partial charge in [-0.1, -0.05) is 0 Å². The predicted octanol–water partition coefficient (Wildman–Crippen LogP) is 0.0949. The van der Waals surface area contributed by atoms with Crippen molar-refractivity contribution < 1.29 is 9.90 Å². The molecule has 2 aromatic rings. The second-order valence-corrected chi connectivity index (χ2v) is 4.32. The minimum atomic E-state index is -1.03. The van der Waals surface area contributed by atoms with Gasteiger partial charge < -0.3 is 14.6 Å². The van der Waals surface area contributed by atoms with Crippen LogP contribution in [0.1, 0.15) is 22.0 Å². The Morgan fingerprint density at radius 1 is 1.42 bits per heavy atom. The van der Waals surface area contributed by atoms with Crippen molar-refractivity contribution in [1.29, 1.82) is 0 Å². The van der Waals surface area contributed by atoms with Crippen LogP contribution in [0, 0.1) is 6.92 Å². The summed E-state index contributed by atoms with van der Waals surface area (Å²) in [5.74, 6) is 0.766. The van der Waals surface area contributed by atoms with Crippen LogP contribution in [0.25, 0.3) is 0 Å². The first-order valence-corrected chi connectivity index (χ1v) is 5.83. The van der Waals surface area contributed by atoms with Crippen LogP contribution in [0.5, 0.6) is 0 Å². The number of carbonyl (C=O) groups is 1. The fraction of sp³-hybridized carbons (Fsp3) is 0.364. The summed E-state index contributed by atoms with van der Waals surface area (Å²) in [5, 5.41) is 17.1. The standard InChI is InChI=1S/C11H12N6O2/c1-7-12-4-8(11(18)19)10(14-7)16-2-3-17-6-13-15-9(17)5-16/h4,6H,2-3,5H2,1H3,(H,18,19). The summed E-state index contributed by atoms with van der Waals surface area (Å²) in [6.45, 7) is 3.62. The van der Waals surface area contributed by atoms with Gasteiger partial charge in [-0.15, -0.1) is 10.2 Å². The molecular weight excluding hydrogens is 248 g/mol. The van der Waals surface area contributed by atoms with Crippen molar-refractivity contribution in [3.63, 3.8) is 0 Å². The Morgan fingerprint density at radius 3 is 3.05 bits per heavy atom. The zero-order valence-electron chi connectivity index (χ0n) is 10.3. The molecule has 0 bridgehead atoms. The SMILES string of the molecule is Cc1ncc(C(=O)O)c(N2CCn3cnnc3C2)n1. The number of hydrogen-bond acceptors (Lipinski definition) is 6. The summed E-state index contributed by atoms with van der Waals surface area (Å²) in [6, 6.07) is 0. The zero-order valence-corrected chi connectivity index (χ0v) is 10.3. The van der Waals surface area contributed by atoms with Crippen molar-refractivity contribution in [2.45, 2.75) is 20.0 Å². The topological polar surface area (TPSA) is 97.0 Å². The maximum Gasteiger partial charge on any atom is 0.341 e. The summed E-state index contributed by atoms with van der Waals surface area (Å²) in [6.07, 6.45) is 3.02. The lowest BCUT2D eigenvalue weighted by molar-refractivity contribution is 0.0696. The first-order valence-electron chi connectivity index (χ1n) is 5.83. The Labute approximate surface area is 108 Å². The zero-order chi connectivity index (χ0) is 13.4. The van der Waals surface area contributed by atoms with Crippen LogP contribution in [0.3, 0.4) is 0 Å². The summed E-state index contributed by atoms with van der Waals surface area (Å²) in [7, 11) is 0. The van der Waals surface area contributed by atoms with Gasteiger partial charge >= 0.3 is 5.97 Å². The minimum absolute atomic E-state index is 0.110. The molecule has 0 aromatic carbocycles. The molecule has 0 spiro atoms. The third-order valence-electron chi connectivity index (χ3n) is 3.06. The number of aryl methyl sites for hydroxylation is 1. The number of aromatic carboxylic acids is 1.